The molecule has 3 N–H and O–H groups in total. The lowest BCUT2D eigenvalue weighted by Crippen LogP contribution is -2.44. The van der Waals surface area contributed by atoms with Gasteiger partial charge in [0.25, 0.3) is 0 Å². The third kappa shape index (κ3) is 3.16. The average Bonchev–Trinajstić information content (AvgIpc) is 3.05. The van der Waals surface area contributed by atoms with Crippen LogP contribution >= 0.6 is 0 Å². The number of benzene rings is 2. The van der Waals surface area contributed by atoms with E-state index in [2.05, 4.69) is 20.3 Å². The molecule has 0 radical (unpaired) electrons. The first-order valence-electron chi connectivity index (χ1n) is 8.92. The Bertz CT molecular complexity index is 1030. The molecule has 0 saturated carbocycles. The number of aliphatic imine (C=N–C) groups is 2. The molecule has 7 heteroatoms. The van der Waals surface area contributed by atoms with Crippen molar-refractivity contribution in [2.75, 3.05) is 5.32 Å². The van der Waals surface area contributed by atoms with Crippen LogP contribution in [0.5, 0.6) is 0 Å². The van der Waals surface area contributed by atoms with Crippen LogP contribution in [0.25, 0.3) is 11.0 Å². The lowest BCUT2D eigenvalue weighted by Gasteiger charge is -2.24. The third-order valence-corrected chi connectivity index (χ3v) is 4.56. The van der Waals surface area contributed by atoms with E-state index >= 15 is 0 Å². The molecule has 1 aliphatic rings. The van der Waals surface area contributed by atoms with Crippen LogP contribution < -0.4 is 11.1 Å². The number of amidine groups is 1. The van der Waals surface area contributed by atoms with Crippen molar-refractivity contribution < 1.29 is 4.39 Å². The molecule has 2 unspecified atom stereocenters. The molecule has 138 valence electrons. The minimum Gasteiger partial charge on any atom is -0.384 e. The fourth-order valence-electron chi connectivity index (χ4n) is 3.13. The zero-order valence-corrected chi connectivity index (χ0v) is 15.2. The van der Waals surface area contributed by atoms with E-state index in [4.69, 9.17) is 5.73 Å². The van der Waals surface area contributed by atoms with Crippen LogP contribution in [0, 0.1) is 6.92 Å². The number of anilines is 1. The normalized spacial score (nSPS) is 19.7. The number of hydrogen-bond donors (Lipinski definition) is 2. The molecule has 4 rings (SSSR count). The van der Waals surface area contributed by atoms with Crippen LogP contribution in [-0.4, -0.2) is 33.7 Å². The summed E-state index contributed by atoms with van der Waals surface area (Å²) in [4.78, 5) is 13.4. The van der Waals surface area contributed by atoms with Crippen LogP contribution in [-0.2, 0) is 6.42 Å². The predicted octanol–water partition coefficient (Wildman–Crippen LogP) is 3.26. The molecule has 3 aromatic rings. The lowest BCUT2D eigenvalue weighted by molar-refractivity contribution is 0.376. The van der Waals surface area contributed by atoms with Gasteiger partial charge in [0, 0.05) is 12.1 Å². The summed E-state index contributed by atoms with van der Waals surface area (Å²) < 4.78 is 16.5. The van der Waals surface area contributed by atoms with E-state index in [9.17, 15) is 4.39 Å². The molecule has 1 aromatic heterocycles. The Hall–Kier alpha value is -3.22. The fourth-order valence-corrected chi connectivity index (χ4v) is 3.13. The second-order valence-electron chi connectivity index (χ2n) is 6.53. The second-order valence-corrected chi connectivity index (χ2v) is 6.53. The van der Waals surface area contributed by atoms with E-state index < -0.39 is 12.3 Å². The maximum Gasteiger partial charge on any atom is 0.234 e. The highest BCUT2D eigenvalue weighted by Crippen LogP contribution is 2.21. The average molecular weight is 364 g/mol. The number of aryl methyl sites for hydroxylation is 2. The van der Waals surface area contributed by atoms with Gasteiger partial charge >= 0.3 is 0 Å². The zero-order valence-electron chi connectivity index (χ0n) is 15.2. The predicted molar refractivity (Wildman–Crippen MR) is 107 cm³/mol. The van der Waals surface area contributed by atoms with Crippen molar-refractivity contribution in [2.45, 2.75) is 32.6 Å². The van der Waals surface area contributed by atoms with Crippen molar-refractivity contribution in [3.8, 4) is 0 Å². The quantitative estimate of drug-likeness (QED) is 0.748. The van der Waals surface area contributed by atoms with Gasteiger partial charge in [0.05, 0.1) is 11.0 Å². The summed E-state index contributed by atoms with van der Waals surface area (Å²) in [5, 5.41) is 3.11. The number of hydrogen-bond acceptors (Lipinski definition) is 5. The summed E-state index contributed by atoms with van der Waals surface area (Å²) in [6, 6.07) is 15.4. The van der Waals surface area contributed by atoms with Crippen LogP contribution in [0.15, 0.2) is 58.5 Å². The summed E-state index contributed by atoms with van der Waals surface area (Å²) >= 11 is 0. The molecular weight excluding hydrogens is 343 g/mol. The molecule has 1 aliphatic heterocycles. The van der Waals surface area contributed by atoms with Gasteiger partial charge in [-0.25, -0.2) is 14.4 Å². The number of nitrogens with two attached hydrogens (primary N) is 1. The number of aromatic nitrogens is 2. The van der Waals surface area contributed by atoms with Crippen molar-refractivity contribution in [1.82, 2.24) is 9.55 Å². The van der Waals surface area contributed by atoms with E-state index in [1.807, 2.05) is 66.9 Å². The number of imidazole rings is 1. The molecule has 0 aliphatic carbocycles. The summed E-state index contributed by atoms with van der Waals surface area (Å²) in [6.07, 6.45) is -1.67. The molecule has 2 heterocycles. The number of rotatable bonds is 3. The Balaban J connectivity index is 1.77. The van der Waals surface area contributed by atoms with E-state index in [-0.39, 0.29) is 5.84 Å². The highest BCUT2D eigenvalue weighted by molar-refractivity contribution is 6.04. The van der Waals surface area contributed by atoms with Gasteiger partial charge < -0.3 is 11.1 Å². The smallest absolute Gasteiger partial charge is 0.234 e. The highest BCUT2D eigenvalue weighted by Gasteiger charge is 2.30. The Morgan fingerprint density at radius 2 is 1.89 bits per heavy atom. The van der Waals surface area contributed by atoms with Gasteiger partial charge in [-0.3, -0.25) is 4.57 Å². The first-order chi connectivity index (χ1) is 13.1. The van der Waals surface area contributed by atoms with E-state index in [0.29, 0.717) is 12.4 Å². The van der Waals surface area contributed by atoms with Gasteiger partial charge in [0.1, 0.15) is 11.7 Å². The van der Waals surface area contributed by atoms with E-state index in [1.54, 1.807) is 0 Å². The monoisotopic (exact) mass is 364 g/mol. The van der Waals surface area contributed by atoms with Crippen LogP contribution in [0.3, 0.4) is 0 Å². The van der Waals surface area contributed by atoms with Gasteiger partial charge in [0.2, 0.25) is 5.96 Å². The number of fused-ring (bicyclic) bond motifs is 1. The minimum absolute atomic E-state index is 0.0931. The SMILES string of the molecule is CCc1nc2ccccc2n1C1=NC(Nc2ccc(C)cc2)C(F)C(N)=N1. The summed E-state index contributed by atoms with van der Waals surface area (Å²) in [7, 11) is 0. The number of nitrogens with one attached hydrogen (secondary N) is 1. The Kier molecular flexibility index (Phi) is 4.35. The van der Waals surface area contributed by atoms with Crippen molar-refractivity contribution >= 4 is 28.5 Å². The molecule has 2 atom stereocenters. The van der Waals surface area contributed by atoms with Crippen molar-refractivity contribution in [1.29, 1.82) is 0 Å². The number of para-hydroxylation sites is 2. The lowest BCUT2D eigenvalue weighted by atomic mass is 10.2. The second kappa shape index (κ2) is 6.83. The van der Waals surface area contributed by atoms with Gasteiger partial charge in [-0.15, -0.1) is 0 Å². The standard InChI is InChI=1S/C20H21FN6/c1-3-16-24-14-6-4-5-7-15(14)27(16)20-25-18(22)17(21)19(26-20)23-13-10-8-12(2)9-11-13/h4-11,17,19,23H,3H2,1-2H3,(H2,22,25,26). The zero-order chi connectivity index (χ0) is 19.0. The Morgan fingerprint density at radius 1 is 1.15 bits per heavy atom. The highest BCUT2D eigenvalue weighted by atomic mass is 19.1. The number of alkyl halides is 1. The first kappa shape index (κ1) is 17.2. The minimum atomic E-state index is -1.50. The van der Waals surface area contributed by atoms with Gasteiger partial charge in [-0.2, -0.15) is 4.99 Å². The number of halogens is 1. The number of nitrogens with zero attached hydrogens (tertiary/aromatic N) is 4. The molecule has 0 saturated heterocycles. The molecule has 0 bridgehead atoms. The van der Waals surface area contributed by atoms with Crippen LogP contribution in [0.4, 0.5) is 10.1 Å². The Morgan fingerprint density at radius 3 is 2.63 bits per heavy atom. The third-order valence-electron chi connectivity index (χ3n) is 4.56. The molecule has 27 heavy (non-hydrogen) atoms. The summed E-state index contributed by atoms with van der Waals surface area (Å²) in [5.74, 6) is 1.05. The molecule has 0 fully saturated rings. The maximum atomic E-state index is 14.7. The van der Waals surface area contributed by atoms with E-state index in [0.717, 1.165) is 28.1 Å². The van der Waals surface area contributed by atoms with Gasteiger partial charge in [-0.1, -0.05) is 36.8 Å². The van der Waals surface area contributed by atoms with Crippen LogP contribution in [0.2, 0.25) is 0 Å². The summed E-state index contributed by atoms with van der Waals surface area (Å²) in [5.41, 5.74) is 9.52. The molecule has 0 spiro atoms. The van der Waals surface area contributed by atoms with Crippen molar-refractivity contribution in [3.05, 3.63) is 59.9 Å². The molecule has 0 amide bonds. The van der Waals surface area contributed by atoms with Crippen molar-refractivity contribution in [3.63, 3.8) is 0 Å². The molecular formula is C20H21FN6. The van der Waals surface area contributed by atoms with Crippen molar-refractivity contribution in [2.24, 2.45) is 15.7 Å². The van der Waals surface area contributed by atoms with Gasteiger partial charge in [0.15, 0.2) is 12.3 Å². The summed E-state index contributed by atoms with van der Waals surface area (Å²) in [6.45, 7) is 4.01. The fraction of sp³-hybridized carbons (Fsp3) is 0.250. The molecule has 6 nitrogen and oxygen atoms in total. The topological polar surface area (TPSA) is 80.6 Å². The van der Waals surface area contributed by atoms with Crippen LogP contribution in [0.1, 0.15) is 18.3 Å². The maximum absolute atomic E-state index is 14.7. The van der Waals surface area contributed by atoms with Gasteiger partial charge in [-0.05, 0) is 31.2 Å². The first-order valence-corrected chi connectivity index (χ1v) is 8.92. The largest absolute Gasteiger partial charge is 0.384 e. The molecule has 2 aromatic carbocycles. The Labute approximate surface area is 156 Å². The van der Waals surface area contributed by atoms with E-state index in [1.165, 1.54) is 0 Å².